The Morgan fingerprint density at radius 3 is 2.69 bits per heavy atom. The average Bonchev–Trinajstić information content (AvgIpc) is 3.22. The van der Waals surface area contributed by atoms with E-state index in [1.165, 1.54) is 12.1 Å². The summed E-state index contributed by atoms with van der Waals surface area (Å²) in [6.45, 7) is 6.59. The topological polar surface area (TPSA) is 78.7 Å². The molecule has 1 aromatic heterocycles. The van der Waals surface area contributed by atoms with E-state index in [9.17, 15) is 18.4 Å². The lowest BCUT2D eigenvalue weighted by molar-refractivity contribution is -0.135. The molecule has 1 aliphatic heterocycles. The standard InChI is InChI=1S/C23H30F2N4O3/c1-14(2)7-9-29-10-8-19(17(13-29)23(31)28(3)4)26-22(30)20-12-21(32-27-20)16-6-5-15(24)11-18(16)25/h5-6,11-12,14,17,19H,7-10,13H2,1-4H3,(H,26,30)/t17-,19-/m1/s1. The molecule has 2 amide bonds. The van der Waals surface area contributed by atoms with Gasteiger partial charge in [0.15, 0.2) is 11.5 Å². The molecule has 0 spiro atoms. The smallest absolute Gasteiger partial charge is 0.273 e. The van der Waals surface area contributed by atoms with Crippen LogP contribution in [0.25, 0.3) is 11.3 Å². The number of amides is 2. The Labute approximate surface area is 186 Å². The maximum absolute atomic E-state index is 14.0. The Morgan fingerprint density at radius 2 is 2.03 bits per heavy atom. The van der Waals surface area contributed by atoms with Gasteiger partial charge in [0, 0.05) is 45.4 Å². The molecule has 32 heavy (non-hydrogen) atoms. The second-order valence-corrected chi connectivity index (χ2v) is 8.89. The minimum Gasteiger partial charge on any atom is -0.355 e. The number of piperidine rings is 1. The van der Waals surface area contributed by atoms with E-state index >= 15 is 0 Å². The molecule has 0 bridgehead atoms. The van der Waals surface area contributed by atoms with E-state index in [1.54, 1.807) is 19.0 Å². The van der Waals surface area contributed by atoms with Crippen molar-refractivity contribution in [1.82, 2.24) is 20.3 Å². The first-order valence-electron chi connectivity index (χ1n) is 10.8. The Balaban J connectivity index is 1.71. The van der Waals surface area contributed by atoms with Gasteiger partial charge in [-0.05, 0) is 37.4 Å². The van der Waals surface area contributed by atoms with Gasteiger partial charge in [0.1, 0.15) is 11.6 Å². The number of nitrogens with one attached hydrogen (secondary N) is 1. The van der Waals surface area contributed by atoms with E-state index in [0.29, 0.717) is 18.9 Å². The van der Waals surface area contributed by atoms with E-state index in [-0.39, 0.29) is 34.9 Å². The summed E-state index contributed by atoms with van der Waals surface area (Å²) in [7, 11) is 3.41. The molecule has 1 aliphatic rings. The van der Waals surface area contributed by atoms with Crippen molar-refractivity contribution >= 4 is 11.8 Å². The Bertz CT molecular complexity index is 960. The highest BCUT2D eigenvalue weighted by atomic mass is 19.1. The highest BCUT2D eigenvalue weighted by Gasteiger charge is 2.36. The predicted molar refractivity (Wildman–Crippen MR) is 116 cm³/mol. The fraction of sp³-hybridized carbons (Fsp3) is 0.522. The van der Waals surface area contributed by atoms with Crippen LogP contribution in [-0.4, -0.2) is 66.5 Å². The first-order valence-corrected chi connectivity index (χ1v) is 10.8. The first kappa shape index (κ1) is 23.8. The van der Waals surface area contributed by atoms with E-state index in [2.05, 4.69) is 29.2 Å². The maximum Gasteiger partial charge on any atom is 0.273 e. The molecule has 2 atom stereocenters. The average molecular weight is 449 g/mol. The van der Waals surface area contributed by atoms with E-state index in [4.69, 9.17) is 4.52 Å². The zero-order valence-corrected chi connectivity index (χ0v) is 18.9. The monoisotopic (exact) mass is 448 g/mol. The molecule has 0 aliphatic carbocycles. The Hall–Kier alpha value is -2.81. The van der Waals surface area contributed by atoms with Gasteiger partial charge in [-0.15, -0.1) is 0 Å². The van der Waals surface area contributed by atoms with Crippen molar-refractivity contribution in [3.8, 4) is 11.3 Å². The van der Waals surface area contributed by atoms with Gasteiger partial charge in [-0.2, -0.15) is 0 Å². The van der Waals surface area contributed by atoms with Crippen molar-refractivity contribution in [2.24, 2.45) is 11.8 Å². The van der Waals surface area contributed by atoms with Crippen molar-refractivity contribution < 1.29 is 22.9 Å². The molecule has 1 saturated heterocycles. The van der Waals surface area contributed by atoms with Crippen LogP contribution >= 0.6 is 0 Å². The minimum atomic E-state index is -0.807. The lowest BCUT2D eigenvalue weighted by Crippen LogP contribution is -2.55. The summed E-state index contributed by atoms with van der Waals surface area (Å²) < 4.78 is 32.3. The summed E-state index contributed by atoms with van der Waals surface area (Å²) >= 11 is 0. The van der Waals surface area contributed by atoms with Crippen LogP contribution in [0, 0.1) is 23.5 Å². The molecule has 1 aromatic carbocycles. The van der Waals surface area contributed by atoms with Gasteiger partial charge in [0.2, 0.25) is 5.91 Å². The molecule has 2 aromatic rings. The van der Waals surface area contributed by atoms with Gasteiger partial charge in [0.05, 0.1) is 11.5 Å². The fourth-order valence-corrected chi connectivity index (χ4v) is 3.86. The van der Waals surface area contributed by atoms with Crippen LogP contribution in [0.1, 0.15) is 37.2 Å². The maximum atomic E-state index is 14.0. The van der Waals surface area contributed by atoms with Crippen LogP contribution < -0.4 is 5.32 Å². The number of halogens is 2. The van der Waals surface area contributed by atoms with Crippen molar-refractivity contribution in [3.63, 3.8) is 0 Å². The number of benzene rings is 1. The third-order valence-corrected chi connectivity index (χ3v) is 5.73. The Morgan fingerprint density at radius 1 is 1.28 bits per heavy atom. The summed E-state index contributed by atoms with van der Waals surface area (Å²) in [5.74, 6) is -1.84. The van der Waals surface area contributed by atoms with Crippen molar-refractivity contribution in [1.29, 1.82) is 0 Å². The molecule has 0 unspecified atom stereocenters. The summed E-state index contributed by atoms with van der Waals surface area (Å²) in [6, 6.07) is 4.03. The molecular weight excluding hydrogens is 418 g/mol. The van der Waals surface area contributed by atoms with Gasteiger partial charge in [0.25, 0.3) is 5.91 Å². The zero-order chi connectivity index (χ0) is 23.4. The molecule has 3 rings (SSSR count). The molecule has 7 nitrogen and oxygen atoms in total. The van der Waals surface area contributed by atoms with Crippen LogP contribution in [0.5, 0.6) is 0 Å². The number of carbonyl (C=O) groups excluding carboxylic acids is 2. The summed E-state index contributed by atoms with van der Waals surface area (Å²) in [4.78, 5) is 29.4. The minimum absolute atomic E-state index is 0.0112. The summed E-state index contributed by atoms with van der Waals surface area (Å²) in [5.41, 5.74) is -0.0147. The molecule has 174 valence electrons. The van der Waals surface area contributed by atoms with E-state index in [0.717, 1.165) is 31.6 Å². The summed E-state index contributed by atoms with van der Waals surface area (Å²) in [6.07, 6.45) is 1.67. The van der Waals surface area contributed by atoms with Crippen LogP contribution in [0.15, 0.2) is 28.8 Å². The number of nitrogens with zero attached hydrogens (tertiary/aromatic N) is 3. The normalized spacial score (nSPS) is 19.2. The number of hydrogen-bond acceptors (Lipinski definition) is 5. The number of aromatic nitrogens is 1. The molecular formula is C23H30F2N4O3. The Kier molecular flexibility index (Phi) is 7.60. The van der Waals surface area contributed by atoms with Crippen LogP contribution in [0.3, 0.4) is 0 Å². The number of likely N-dealkylation sites (tertiary alicyclic amines) is 1. The first-order chi connectivity index (χ1) is 15.2. The quantitative estimate of drug-likeness (QED) is 0.704. The molecule has 1 N–H and O–H groups in total. The fourth-order valence-electron chi connectivity index (χ4n) is 3.86. The second-order valence-electron chi connectivity index (χ2n) is 8.89. The zero-order valence-electron chi connectivity index (χ0n) is 18.9. The number of rotatable bonds is 7. The molecule has 1 fully saturated rings. The van der Waals surface area contributed by atoms with Gasteiger partial charge in [-0.1, -0.05) is 19.0 Å². The number of hydrogen-bond donors (Lipinski definition) is 1. The third kappa shape index (κ3) is 5.70. The highest BCUT2D eigenvalue weighted by Crippen LogP contribution is 2.25. The van der Waals surface area contributed by atoms with Gasteiger partial charge in [-0.25, -0.2) is 8.78 Å². The van der Waals surface area contributed by atoms with E-state index < -0.39 is 17.5 Å². The van der Waals surface area contributed by atoms with Crippen LogP contribution in [-0.2, 0) is 4.79 Å². The third-order valence-electron chi connectivity index (χ3n) is 5.73. The molecule has 0 saturated carbocycles. The number of carbonyl (C=O) groups is 2. The van der Waals surface area contributed by atoms with Gasteiger partial charge >= 0.3 is 0 Å². The molecule has 9 heteroatoms. The van der Waals surface area contributed by atoms with Gasteiger partial charge in [-0.3, -0.25) is 9.59 Å². The SMILES string of the molecule is CC(C)CCN1CC[C@@H](NC(=O)c2cc(-c3ccc(F)cc3F)on2)[C@H](C(=O)N(C)C)C1. The molecule has 2 heterocycles. The highest BCUT2D eigenvalue weighted by molar-refractivity contribution is 5.93. The lowest BCUT2D eigenvalue weighted by Gasteiger charge is -2.39. The predicted octanol–water partition coefficient (Wildman–Crippen LogP) is 3.17. The lowest BCUT2D eigenvalue weighted by atomic mass is 9.90. The van der Waals surface area contributed by atoms with Crippen molar-refractivity contribution in [2.75, 3.05) is 33.7 Å². The largest absolute Gasteiger partial charge is 0.355 e. The van der Waals surface area contributed by atoms with Crippen molar-refractivity contribution in [3.05, 3.63) is 41.6 Å². The summed E-state index contributed by atoms with van der Waals surface area (Å²) in [5, 5.41) is 6.64. The molecule has 0 radical (unpaired) electrons. The van der Waals surface area contributed by atoms with Crippen LogP contribution in [0.4, 0.5) is 8.78 Å². The van der Waals surface area contributed by atoms with Crippen LogP contribution in [0.2, 0.25) is 0 Å². The second kappa shape index (κ2) is 10.2. The van der Waals surface area contributed by atoms with E-state index in [1.807, 2.05) is 0 Å². The van der Waals surface area contributed by atoms with Crippen molar-refractivity contribution in [2.45, 2.75) is 32.7 Å². The van der Waals surface area contributed by atoms with Gasteiger partial charge < -0.3 is 19.6 Å².